The number of hydrogen-bond donors (Lipinski definition) is 1. The molecule has 0 aliphatic carbocycles. The van der Waals surface area contributed by atoms with Gasteiger partial charge < -0.3 is 14.8 Å². The molecular weight excluding hydrogens is 370 g/mol. The van der Waals surface area contributed by atoms with Crippen LogP contribution in [0.3, 0.4) is 0 Å². The Morgan fingerprint density at radius 2 is 2.04 bits per heavy atom. The summed E-state index contributed by atoms with van der Waals surface area (Å²) in [7, 11) is 1.56. The number of hydrogen-bond acceptors (Lipinski definition) is 5. The van der Waals surface area contributed by atoms with Gasteiger partial charge in [0.05, 0.1) is 12.8 Å². The SMILES string of the molecule is CCCCn1nc(C)c(C(=O)OCC(=O)NCc2ccccc2OC)c1Cl. The summed E-state index contributed by atoms with van der Waals surface area (Å²) < 4.78 is 11.9. The van der Waals surface area contributed by atoms with Crippen LogP contribution in [0, 0.1) is 6.92 Å². The van der Waals surface area contributed by atoms with Crippen LogP contribution in [0.5, 0.6) is 5.75 Å². The number of nitrogens with zero attached hydrogens (tertiary/aromatic N) is 2. The lowest BCUT2D eigenvalue weighted by Gasteiger charge is -2.10. The maximum Gasteiger partial charge on any atom is 0.343 e. The van der Waals surface area contributed by atoms with Gasteiger partial charge in [0, 0.05) is 18.7 Å². The highest BCUT2D eigenvalue weighted by Crippen LogP contribution is 2.21. The smallest absolute Gasteiger partial charge is 0.343 e. The largest absolute Gasteiger partial charge is 0.496 e. The van der Waals surface area contributed by atoms with Gasteiger partial charge in [-0.3, -0.25) is 9.48 Å². The van der Waals surface area contributed by atoms with E-state index in [1.807, 2.05) is 24.3 Å². The molecule has 0 fully saturated rings. The lowest BCUT2D eigenvalue weighted by Crippen LogP contribution is -2.28. The topological polar surface area (TPSA) is 82.5 Å². The molecule has 7 nitrogen and oxygen atoms in total. The Balaban J connectivity index is 1.90. The number of carbonyl (C=O) groups excluding carboxylic acids is 2. The summed E-state index contributed by atoms with van der Waals surface area (Å²) in [6.45, 7) is 4.25. The summed E-state index contributed by atoms with van der Waals surface area (Å²) in [6, 6.07) is 7.35. The number of esters is 1. The predicted octanol–water partition coefficient (Wildman–Crippen LogP) is 3.13. The second kappa shape index (κ2) is 9.97. The van der Waals surface area contributed by atoms with Crippen LogP contribution < -0.4 is 10.1 Å². The first-order chi connectivity index (χ1) is 13.0. The number of rotatable bonds is 9. The fourth-order valence-corrected chi connectivity index (χ4v) is 2.87. The van der Waals surface area contributed by atoms with Crippen molar-refractivity contribution in [2.24, 2.45) is 0 Å². The third-order valence-corrected chi connectivity index (χ3v) is 4.38. The Morgan fingerprint density at radius 3 is 2.74 bits per heavy atom. The maximum atomic E-state index is 12.3. The molecule has 0 aliphatic rings. The second-order valence-electron chi connectivity index (χ2n) is 5.99. The fraction of sp³-hybridized carbons (Fsp3) is 0.421. The average molecular weight is 394 g/mol. The highest BCUT2D eigenvalue weighted by molar-refractivity contribution is 6.32. The number of aryl methyl sites for hydroxylation is 2. The number of halogens is 1. The predicted molar refractivity (Wildman–Crippen MR) is 102 cm³/mol. The Labute approximate surface area is 163 Å². The van der Waals surface area contributed by atoms with Crippen LogP contribution in [0.1, 0.15) is 41.4 Å². The van der Waals surface area contributed by atoms with E-state index < -0.39 is 18.5 Å². The van der Waals surface area contributed by atoms with E-state index in [0.717, 1.165) is 18.4 Å². The molecule has 0 unspecified atom stereocenters. The molecule has 8 heteroatoms. The number of methoxy groups -OCH3 is 1. The van der Waals surface area contributed by atoms with Gasteiger partial charge in [-0.15, -0.1) is 0 Å². The normalized spacial score (nSPS) is 10.5. The zero-order valence-corrected chi connectivity index (χ0v) is 16.5. The van der Waals surface area contributed by atoms with E-state index in [-0.39, 0.29) is 17.3 Å². The Hall–Kier alpha value is -2.54. The van der Waals surface area contributed by atoms with E-state index in [2.05, 4.69) is 17.3 Å². The van der Waals surface area contributed by atoms with Crippen molar-refractivity contribution in [3.05, 3.63) is 46.2 Å². The highest BCUT2D eigenvalue weighted by atomic mass is 35.5. The molecule has 146 valence electrons. The minimum atomic E-state index is -0.660. The number of nitrogens with one attached hydrogen (secondary N) is 1. The van der Waals surface area contributed by atoms with E-state index in [4.69, 9.17) is 21.1 Å². The molecule has 1 aromatic carbocycles. The van der Waals surface area contributed by atoms with E-state index in [1.165, 1.54) is 0 Å². The van der Waals surface area contributed by atoms with Crippen LogP contribution in [0.2, 0.25) is 5.15 Å². The van der Waals surface area contributed by atoms with Crippen LogP contribution in [0.25, 0.3) is 0 Å². The van der Waals surface area contributed by atoms with Gasteiger partial charge >= 0.3 is 5.97 Å². The third kappa shape index (κ3) is 5.47. The lowest BCUT2D eigenvalue weighted by molar-refractivity contribution is -0.124. The van der Waals surface area contributed by atoms with E-state index in [1.54, 1.807) is 18.7 Å². The monoisotopic (exact) mass is 393 g/mol. The number of ether oxygens (including phenoxy) is 2. The molecule has 0 spiro atoms. The van der Waals surface area contributed by atoms with Crippen molar-refractivity contribution in [2.75, 3.05) is 13.7 Å². The van der Waals surface area contributed by atoms with Crippen molar-refractivity contribution in [1.29, 1.82) is 0 Å². The minimum Gasteiger partial charge on any atom is -0.496 e. The first kappa shape index (κ1) is 20.8. The molecule has 0 saturated heterocycles. The summed E-state index contributed by atoms with van der Waals surface area (Å²) in [5.74, 6) is -0.397. The molecule has 2 rings (SSSR count). The molecule has 0 radical (unpaired) electrons. The summed E-state index contributed by atoms with van der Waals surface area (Å²) in [4.78, 5) is 24.3. The van der Waals surface area contributed by atoms with Crippen LogP contribution in [-0.4, -0.2) is 35.4 Å². The molecule has 0 bridgehead atoms. The Morgan fingerprint density at radius 1 is 1.30 bits per heavy atom. The molecule has 1 heterocycles. The first-order valence-corrected chi connectivity index (χ1v) is 9.14. The van der Waals surface area contributed by atoms with E-state index in [9.17, 15) is 9.59 Å². The van der Waals surface area contributed by atoms with Crippen LogP contribution in [-0.2, 0) is 22.6 Å². The van der Waals surface area contributed by atoms with Crippen molar-refractivity contribution in [2.45, 2.75) is 39.8 Å². The first-order valence-electron chi connectivity index (χ1n) is 8.76. The zero-order valence-electron chi connectivity index (χ0n) is 15.8. The Kier molecular flexibility index (Phi) is 7.67. The standard InChI is InChI=1S/C19H24ClN3O4/c1-4-5-10-23-18(20)17(13(2)22-23)19(25)27-12-16(24)21-11-14-8-6-7-9-15(14)26-3/h6-9H,4-5,10-12H2,1-3H3,(H,21,24). The van der Waals surface area contributed by atoms with Gasteiger partial charge in [-0.2, -0.15) is 5.10 Å². The van der Waals surface area contributed by atoms with Crippen molar-refractivity contribution in [1.82, 2.24) is 15.1 Å². The van der Waals surface area contributed by atoms with Gasteiger partial charge in [-0.05, 0) is 19.4 Å². The van der Waals surface area contributed by atoms with Crippen molar-refractivity contribution in [3.63, 3.8) is 0 Å². The quantitative estimate of drug-likeness (QED) is 0.662. The molecular formula is C19H24ClN3O4. The molecule has 0 aliphatic heterocycles. The Bertz CT molecular complexity index is 804. The summed E-state index contributed by atoms with van der Waals surface area (Å²) in [6.07, 6.45) is 1.89. The number of para-hydroxylation sites is 1. The fourth-order valence-electron chi connectivity index (χ4n) is 2.54. The average Bonchev–Trinajstić information content (AvgIpc) is 2.96. The van der Waals surface area contributed by atoms with Gasteiger partial charge in [0.15, 0.2) is 6.61 Å². The molecule has 1 aromatic heterocycles. The van der Waals surface area contributed by atoms with Crippen LogP contribution in [0.15, 0.2) is 24.3 Å². The van der Waals surface area contributed by atoms with E-state index >= 15 is 0 Å². The summed E-state index contributed by atoms with van der Waals surface area (Å²) >= 11 is 6.24. The summed E-state index contributed by atoms with van der Waals surface area (Å²) in [5, 5.41) is 7.19. The molecule has 2 aromatic rings. The van der Waals surface area contributed by atoms with Crippen molar-refractivity contribution >= 4 is 23.5 Å². The number of benzene rings is 1. The van der Waals surface area contributed by atoms with Crippen LogP contribution in [0.4, 0.5) is 0 Å². The second-order valence-corrected chi connectivity index (χ2v) is 6.35. The van der Waals surface area contributed by atoms with Gasteiger partial charge in [0.2, 0.25) is 0 Å². The van der Waals surface area contributed by atoms with E-state index in [0.29, 0.717) is 18.0 Å². The third-order valence-electron chi connectivity index (χ3n) is 4.00. The molecule has 1 amide bonds. The number of carbonyl (C=O) groups is 2. The molecule has 27 heavy (non-hydrogen) atoms. The molecule has 0 saturated carbocycles. The lowest BCUT2D eigenvalue weighted by atomic mass is 10.2. The number of amides is 1. The van der Waals surface area contributed by atoms with Crippen LogP contribution >= 0.6 is 11.6 Å². The molecule has 0 atom stereocenters. The highest BCUT2D eigenvalue weighted by Gasteiger charge is 2.22. The maximum absolute atomic E-state index is 12.3. The van der Waals surface area contributed by atoms with Gasteiger partial charge in [-0.25, -0.2) is 4.79 Å². The molecule has 1 N–H and O–H groups in total. The van der Waals surface area contributed by atoms with Gasteiger partial charge in [0.1, 0.15) is 16.5 Å². The van der Waals surface area contributed by atoms with Gasteiger partial charge in [-0.1, -0.05) is 43.1 Å². The zero-order chi connectivity index (χ0) is 19.8. The van der Waals surface area contributed by atoms with Crippen molar-refractivity contribution in [3.8, 4) is 5.75 Å². The summed E-state index contributed by atoms with van der Waals surface area (Å²) in [5.41, 5.74) is 1.51. The number of aromatic nitrogens is 2. The minimum absolute atomic E-state index is 0.199. The van der Waals surface area contributed by atoms with Crippen molar-refractivity contribution < 1.29 is 19.1 Å². The number of unbranched alkanes of at least 4 members (excludes halogenated alkanes) is 1. The van der Waals surface area contributed by atoms with Gasteiger partial charge in [0.25, 0.3) is 5.91 Å².